The van der Waals surface area contributed by atoms with Crippen LogP contribution in [0.2, 0.25) is 0 Å². The van der Waals surface area contributed by atoms with Gasteiger partial charge in [-0.25, -0.2) is 13.1 Å². The number of hydrogen-bond acceptors (Lipinski definition) is 4. The number of hydrogen-bond donors (Lipinski definition) is 2. The van der Waals surface area contributed by atoms with Gasteiger partial charge in [0.25, 0.3) is 0 Å². The first-order valence-electron chi connectivity index (χ1n) is 5.38. The second-order valence-corrected chi connectivity index (χ2v) is 5.88. The number of nitrogens with one attached hydrogen (secondary N) is 2. The number of H-pyrrole nitrogens is 1. The van der Waals surface area contributed by atoms with E-state index in [2.05, 4.69) is 14.9 Å². The van der Waals surface area contributed by atoms with Crippen LogP contribution in [0.15, 0.2) is 4.90 Å². The number of aromatic amines is 1. The van der Waals surface area contributed by atoms with Crippen molar-refractivity contribution < 1.29 is 13.2 Å². The standard InChI is InChI=1S/C10H19N3O3S/c1-7(6-16-4)5-11-17(14,15)10-8(2)12-13-9(10)3/h7,11H,5-6H2,1-4H3,(H,12,13). The van der Waals surface area contributed by atoms with Gasteiger partial charge in [-0.2, -0.15) is 5.10 Å². The summed E-state index contributed by atoms with van der Waals surface area (Å²) < 4.78 is 31.6. The summed E-state index contributed by atoms with van der Waals surface area (Å²) in [6, 6.07) is 0. The summed E-state index contributed by atoms with van der Waals surface area (Å²) in [6.07, 6.45) is 0. The van der Waals surface area contributed by atoms with E-state index < -0.39 is 10.0 Å². The second-order valence-electron chi connectivity index (χ2n) is 4.18. The largest absolute Gasteiger partial charge is 0.384 e. The van der Waals surface area contributed by atoms with E-state index in [0.717, 1.165) is 0 Å². The molecule has 0 fully saturated rings. The zero-order valence-corrected chi connectivity index (χ0v) is 11.4. The molecule has 1 rings (SSSR count). The van der Waals surface area contributed by atoms with E-state index in [0.29, 0.717) is 24.5 Å². The highest BCUT2D eigenvalue weighted by atomic mass is 32.2. The Morgan fingerprint density at radius 3 is 2.59 bits per heavy atom. The van der Waals surface area contributed by atoms with Crippen LogP contribution in [-0.4, -0.2) is 38.9 Å². The van der Waals surface area contributed by atoms with Crippen molar-refractivity contribution in [1.29, 1.82) is 0 Å². The van der Waals surface area contributed by atoms with Crippen LogP contribution in [0, 0.1) is 19.8 Å². The molecule has 0 radical (unpaired) electrons. The molecule has 1 unspecified atom stereocenters. The van der Waals surface area contributed by atoms with Crippen LogP contribution in [0.3, 0.4) is 0 Å². The van der Waals surface area contributed by atoms with E-state index in [-0.39, 0.29) is 10.8 Å². The van der Waals surface area contributed by atoms with Crippen LogP contribution in [-0.2, 0) is 14.8 Å². The van der Waals surface area contributed by atoms with Gasteiger partial charge in [0.15, 0.2) is 0 Å². The molecular formula is C10H19N3O3S. The molecule has 0 saturated carbocycles. The summed E-state index contributed by atoms with van der Waals surface area (Å²) >= 11 is 0. The highest BCUT2D eigenvalue weighted by Crippen LogP contribution is 2.16. The summed E-state index contributed by atoms with van der Waals surface area (Å²) in [5, 5.41) is 6.54. The topological polar surface area (TPSA) is 84.1 Å². The van der Waals surface area contributed by atoms with Crippen LogP contribution in [0.25, 0.3) is 0 Å². The molecule has 1 aromatic rings. The zero-order chi connectivity index (χ0) is 13.1. The first-order chi connectivity index (χ1) is 7.88. The third-order valence-electron chi connectivity index (χ3n) is 2.40. The zero-order valence-electron chi connectivity index (χ0n) is 10.6. The number of ether oxygens (including phenoxy) is 1. The predicted octanol–water partition coefficient (Wildman–Crippen LogP) is 0.587. The van der Waals surface area contributed by atoms with E-state index in [9.17, 15) is 8.42 Å². The molecular weight excluding hydrogens is 242 g/mol. The monoisotopic (exact) mass is 261 g/mol. The van der Waals surface area contributed by atoms with Crippen LogP contribution in [0.5, 0.6) is 0 Å². The fourth-order valence-corrected chi connectivity index (χ4v) is 3.14. The van der Waals surface area contributed by atoms with Gasteiger partial charge >= 0.3 is 0 Å². The van der Waals surface area contributed by atoms with Crippen molar-refractivity contribution >= 4 is 10.0 Å². The molecule has 98 valence electrons. The van der Waals surface area contributed by atoms with Gasteiger partial charge in [0.05, 0.1) is 11.4 Å². The lowest BCUT2D eigenvalue weighted by molar-refractivity contribution is 0.161. The van der Waals surface area contributed by atoms with Crippen LogP contribution in [0.4, 0.5) is 0 Å². The van der Waals surface area contributed by atoms with Crippen molar-refractivity contribution in [2.24, 2.45) is 5.92 Å². The molecule has 6 nitrogen and oxygen atoms in total. The van der Waals surface area contributed by atoms with Crippen molar-refractivity contribution in [2.45, 2.75) is 25.7 Å². The SMILES string of the molecule is COCC(C)CNS(=O)(=O)c1c(C)n[nH]c1C. The normalized spacial score (nSPS) is 13.9. The molecule has 1 heterocycles. The van der Waals surface area contributed by atoms with E-state index in [1.165, 1.54) is 0 Å². The van der Waals surface area contributed by atoms with Crippen LogP contribution < -0.4 is 4.72 Å². The molecule has 0 aromatic carbocycles. The molecule has 0 aliphatic carbocycles. The van der Waals surface area contributed by atoms with Gasteiger partial charge in [-0.15, -0.1) is 0 Å². The third kappa shape index (κ3) is 3.52. The summed E-state index contributed by atoms with van der Waals surface area (Å²) in [5.74, 6) is 0.127. The Morgan fingerprint density at radius 1 is 1.47 bits per heavy atom. The quantitative estimate of drug-likeness (QED) is 0.785. The summed E-state index contributed by atoms with van der Waals surface area (Å²) in [5.41, 5.74) is 1.03. The number of aryl methyl sites for hydroxylation is 2. The Balaban J connectivity index is 2.76. The molecule has 0 bridgehead atoms. The molecule has 0 aliphatic rings. The number of aromatic nitrogens is 2. The molecule has 2 N–H and O–H groups in total. The molecule has 1 aromatic heterocycles. The van der Waals surface area contributed by atoms with Gasteiger partial charge in [0.1, 0.15) is 4.90 Å². The maximum Gasteiger partial charge on any atom is 0.244 e. The van der Waals surface area contributed by atoms with Gasteiger partial charge in [0.2, 0.25) is 10.0 Å². The summed E-state index contributed by atoms with van der Waals surface area (Å²) in [7, 11) is -1.90. The maximum atomic E-state index is 12.0. The number of sulfonamides is 1. The van der Waals surface area contributed by atoms with Gasteiger partial charge in [-0.05, 0) is 19.8 Å². The number of nitrogens with zero attached hydrogens (tertiary/aromatic N) is 1. The van der Waals surface area contributed by atoms with Crippen molar-refractivity contribution in [3.63, 3.8) is 0 Å². The van der Waals surface area contributed by atoms with Gasteiger partial charge in [-0.1, -0.05) is 6.92 Å². The lowest BCUT2D eigenvalue weighted by Gasteiger charge is -2.12. The molecule has 7 heteroatoms. The number of methoxy groups -OCH3 is 1. The first-order valence-corrected chi connectivity index (χ1v) is 6.87. The minimum atomic E-state index is -3.49. The highest BCUT2D eigenvalue weighted by Gasteiger charge is 2.22. The van der Waals surface area contributed by atoms with Crippen molar-refractivity contribution in [3.05, 3.63) is 11.4 Å². The van der Waals surface area contributed by atoms with E-state index in [1.807, 2.05) is 6.92 Å². The van der Waals surface area contributed by atoms with E-state index in [4.69, 9.17) is 4.74 Å². The van der Waals surface area contributed by atoms with Crippen molar-refractivity contribution in [3.8, 4) is 0 Å². The van der Waals surface area contributed by atoms with Crippen LogP contribution >= 0.6 is 0 Å². The number of rotatable bonds is 6. The molecule has 0 aliphatic heterocycles. The predicted molar refractivity (Wildman–Crippen MR) is 64.3 cm³/mol. The van der Waals surface area contributed by atoms with Crippen molar-refractivity contribution in [2.75, 3.05) is 20.3 Å². The average Bonchev–Trinajstić information content (AvgIpc) is 2.57. The second kappa shape index (κ2) is 5.61. The van der Waals surface area contributed by atoms with E-state index >= 15 is 0 Å². The molecule has 1 atom stereocenters. The Hall–Kier alpha value is -0.920. The fraction of sp³-hybridized carbons (Fsp3) is 0.700. The van der Waals surface area contributed by atoms with Crippen LogP contribution in [0.1, 0.15) is 18.3 Å². The van der Waals surface area contributed by atoms with Gasteiger partial charge < -0.3 is 4.74 Å². The van der Waals surface area contributed by atoms with E-state index in [1.54, 1.807) is 21.0 Å². The molecule has 0 amide bonds. The highest BCUT2D eigenvalue weighted by molar-refractivity contribution is 7.89. The summed E-state index contributed by atoms with van der Waals surface area (Å²) in [4.78, 5) is 0.238. The van der Waals surface area contributed by atoms with Gasteiger partial charge in [0, 0.05) is 20.3 Å². The fourth-order valence-electron chi connectivity index (χ4n) is 1.60. The molecule has 0 spiro atoms. The first kappa shape index (κ1) is 14.1. The molecule has 17 heavy (non-hydrogen) atoms. The lowest BCUT2D eigenvalue weighted by atomic mass is 10.2. The minimum absolute atomic E-state index is 0.127. The molecule has 0 saturated heterocycles. The third-order valence-corrected chi connectivity index (χ3v) is 4.09. The Morgan fingerprint density at radius 2 is 2.12 bits per heavy atom. The average molecular weight is 261 g/mol. The Bertz CT molecular complexity index is 448. The minimum Gasteiger partial charge on any atom is -0.384 e. The van der Waals surface area contributed by atoms with Crippen molar-refractivity contribution in [1.82, 2.24) is 14.9 Å². The smallest absolute Gasteiger partial charge is 0.244 e. The Labute approximate surface area is 102 Å². The lowest BCUT2D eigenvalue weighted by Crippen LogP contribution is -2.30. The Kier molecular flexibility index (Phi) is 4.67. The maximum absolute atomic E-state index is 12.0. The summed E-state index contributed by atoms with van der Waals surface area (Å²) in [6.45, 7) is 6.14. The van der Waals surface area contributed by atoms with Gasteiger partial charge in [-0.3, -0.25) is 5.10 Å².